The summed E-state index contributed by atoms with van der Waals surface area (Å²) < 4.78 is 1.48. The van der Waals surface area contributed by atoms with Crippen LogP contribution in [0.15, 0.2) is 71.1 Å². The second kappa shape index (κ2) is 8.76. The molecule has 30 heavy (non-hydrogen) atoms. The molecule has 6 heteroatoms. The summed E-state index contributed by atoms with van der Waals surface area (Å²) in [5, 5.41) is 5.42. The molecule has 0 aliphatic heterocycles. The molecule has 0 bridgehead atoms. The van der Waals surface area contributed by atoms with Crippen LogP contribution in [0.25, 0.3) is 10.9 Å². The van der Waals surface area contributed by atoms with Crippen LogP contribution in [0.2, 0.25) is 0 Å². The summed E-state index contributed by atoms with van der Waals surface area (Å²) >= 11 is 1.59. The van der Waals surface area contributed by atoms with Gasteiger partial charge in [0.05, 0.1) is 22.1 Å². The molecule has 0 aliphatic rings. The Hall–Kier alpha value is -3.69. The Kier molecular flexibility index (Phi) is 5.73. The number of aromatic nitrogens is 2. The molecule has 0 radical (unpaired) electrons. The van der Waals surface area contributed by atoms with Gasteiger partial charge in [-0.25, -0.2) is 4.98 Å². The lowest BCUT2D eigenvalue weighted by Crippen LogP contribution is -2.23. The van der Waals surface area contributed by atoms with Crippen molar-refractivity contribution in [3.8, 4) is 11.8 Å². The summed E-state index contributed by atoms with van der Waals surface area (Å²) in [6, 6.07) is 16.9. The number of hydrogen-bond acceptors (Lipinski definition) is 4. The highest BCUT2D eigenvalue weighted by atomic mass is 32.1. The van der Waals surface area contributed by atoms with Crippen LogP contribution in [0, 0.1) is 18.8 Å². The van der Waals surface area contributed by atoms with Gasteiger partial charge in [-0.2, -0.15) is 0 Å². The van der Waals surface area contributed by atoms with E-state index in [0.717, 1.165) is 16.0 Å². The predicted octanol–water partition coefficient (Wildman–Crippen LogP) is 4.20. The van der Waals surface area contributed by atoms with Crippen molar-refractivity contribution in [2.75, 3.05) is 5.32 Å². The molecule has 4 aromatic rings. The summed E-state index contributed by atoms with van der Waals surface area (Å²) in [6.07, 6.45) is 1.68. The molecule has 1 N–H and O–H groups in total. The van der Waals surface area contributed by atoms with Gasteiger partial charge in [-0.05, 0) is 48.2 Å². The van der Waals surface area contributed by atoms with Gasteiger partial charge in [0, 0.05) is 24.2 Å². The second-order valence-electron chi connectivity index (χ2n) is 6.82. The van der Waals surface area contributed by atoms with E-state index in [1.165, 1.54) is 10.9 Å². The Morgan fingerprint density at radius 1 is 1.13 bits per heavy atom. The third-order valence-corrected chi connectivity index (χ3v) is 5.42. The molecule has 5 nitrogen and oxygen atoms in total. The van der Waals surface area contributed by atoms with E-state index in [4.69, 9.17) is 0 Å². The zero-order chi connectivity index (χ0) is 20.9. The number of hydrogen-bond donors (Lipinski definition) is 1. The van der Waals surface area contributed by atoms with E-state index in [9.17, 15) is 9.59 Å². The van der Waals surface area contributed by atoms with E-state index in [2.05, 4.69) is 22.1 Å². The first-order valence-electron chi connectivity index (χ1n) is 9.50. The van der Waals surface area contributed by atoms with Crippen molar-refractivity contribution < 1.29 is 4.79 Å². The number of thiophene rings is 1. The Balaban J connectivity index is 1.42. The fraction of sp³-hybridized carbons (Fsp3) is 0.125. The minimum atomic E-state index is -0.172. The average Bonchev–Trinajstić information content (AvgIpc) is 3.26. The Bertz CT molecular complexity index is 1330. The first-order valence-corrected chi connectivity index (χ1v) is 10.4. The lowest BCUT2D eigenvalue weighted by Gasteiger charge is -2.09. The number of rotatable bonds is 4. The van der Waals surface area contributed by atoms with Gasteiger partial charge in [0.25, 0.3) is 5.56 Å². The highest BCUT2D eigenvalue weighted by molar-refractivity contribution is 7.10. The minimum absolute atomic E-state index is 0.137. The third kappa shape index (κ3) is 4.48. The predicted molar refractivity (Wildman–Crippen MR) is 121 cm³/mol. The van der Waals surface area contributed by atoms with E-state index in [-0.39, 0.29) is 24.4 Å². The van der Waals surface area contributed by atoms with Crippen LogP contribution in [0.1, 0.15) is 22.4 Å². The van der Waals surface area contributed by atoms with Crippen LogP contribution < -0.4 is 10.9 Å². The molecule has 0 fully saturated rings. The number of nitrogens with zero attached hydrogens (tertiary/aromatic N) is 2. The number of carbonyl (C=O) groups is 1. The van der Waals surface area contributed by atoms with Crippen LogP contribution >= 0.6 is 11.3 Å². The molecule has 0 spiro atoms. The van der Waals surface area contributed by atoms with Crippen molar-refractivity contribution in [1.82, 2.24) is 9.55 Å². The third-order valence-electron chi connectivity index (χ3n) is 4.63. The fourth-order valence-electron chi connectivity index (χ4n) is 3.10. The number of nitrogens with one attached hydrogen (secondary N) is 1. The molecule has 0 saturated heterocycles. The summed E-state index contributed by atoms with van der Waals surface area (Å²) in [4.78, 5) is 30.4. The van der Waals surface area contributed by atoms with Gasteiger partial charge in [-0.15, -0.1) is 11.3 Å². The molecule has 0 aliphatic carbocycles. The van der Waals surface area contributed by atoms with Crippen molar-refractivity contribution in [3.05, 3.63) is 92.7 Å². The normalized spacial score (nSPS) is 10.4. The molecule has 0 unspecified atom stereocenters. The Morgan fingerprint density at radius 2 is 2.00 bits per heavy atom. The summed E-state index contributed by atoms with van der Waals surface area (Å²) in [5.41, 5.74) is 3.02. The van der Waals surface area contributed by atoms with Gasteiger partial charge in [0.15, 0.2) is 0 Å². The summed E-state index contributed by atoms with van der Waals surface area (Å²) in [5.74, 6) is 6.03. The van der Waals surface area contributed by atoms with Gasteiger partial charge in [-0.3, -0.25) is 14.2 Å². The maximum atomic E-state index is 12.6. The second-order valence-corrected chi connectivity index (χ2v) is 7.77. The maximum Gasteiger partial charge on any atom is 0.261 e. The maximum absolute atomic E-state index is 12.6. The highest BCUT2D eigenvalue weighted by Gasteiger charge is 2.08. The average molecular weight is 414 g/mol. The van der Waals surface area contributed by atoms with Crippen molar-refractivity contribution in [3.63, 3.8) is 0 Å². The molecule has 0 atom stereocenters. The van der Waals surface area contributed by atoms with Gasteiger partial charge in [0.1, 0.15) is 0 Å². The number of aryl methyl sites for hydroxylation is 2. The number of para-hydroxylation sites is 1. The van der Waals surface area contributed by atoms with E-state index in [1.807, 2.05) is 60.8 Å². The van der Waals surface area contributed by atoms with Crippen LogP contribution in [-0.2, 0) is 11.3 Å². The lowest BCUT2D eigenvalue weighted by molar-refractivity contribution is -0.116. The van der Waals surface area contributed by atoms with E-state index >= 15 is 0 Å². The number of anilines is 1. The van der Waals surface area contributed by atoms with Crippen molar-refractivity contribution in [1.29, 1.82) is 0 Å². The van der Waals surface area contributed by atoms with Gasteiger partial charge in [0.2, 0.25) is 5.91 Å². The number of benzene rings is 2. The Labute approximate surface area is 178 Å². The van der Waals surface area contributed by atoms with Crippen LogP contribution in [0.4, 0.5) is 5.69 Å². The SMILES string of the molecule is Cc1cccc2c(=O)n(CCC(=O)Nc3cccc(C#Cc4cccs4)c3)cnc12. The zero-order valence-electron chi connectivity index (χ0n) is 16.4. The topological polar surface area (TPSA) is 64.0 Å². The van der Waals surface area contributed by atoms with Crippen LogP contribution in [0.5, 0.6) is 0 Å². The van der Waals surface area contributed by atoms with E-state index < -0.39 is 0 Å². The molecule has 2 aromatic carbocycles. The molecule has 2 heterocycles. The van der Waals surface area contributed by atoms with Gasteiger partial charge >= 0.3 is 0 Å². The molecule has 4 rings (SSSR count). The van der Waals surface area contributed by atoms with Gasteiger partial charge in [-0.1, -0.05) is 36.1 Å². The molecular formula is C24H19N3O2S. The van der Waals surface area contributed by atoms with Crippen LogP contribution in [0.3, 0.4) is 0 Å². The molecule has 1 amide bonds. The van der Waals surface area contributed by atoms with Crippen molar-refractivity contribution >= 4 is 33.8 Å². The molecule has 0 saturated carbocycles. The first kappa shape index (κ1) is 19.6. The van der Waals surface area contributed by atoms with Crippen molar-refractivity contribution in [2.24, 2.45) is 0 Å². The lowest BCUT2D eigenvalue weighted by atomic mass is 10.1. The first-order chi connectivity index (χ1) is 14.6. The van der Waals surface area contributed by atoms with Crippen molar-refractivity contribution in [2.45, 2.75) is 19.9 Å². The quantitative estimate of drug-likeness (QED) is 0.510. The standard InChI is InChI=1S/C24H19N3O2S/c1-17-5-2-9-21-23(17)25-16-27(24(21)29)13-12-22(28)26-19-7-3-6-18(15-19)10-11-20-8-4-14-30-20/h2-9,14-16H,12-13H2,1H3,(H,26,28). The number of carbonyl (C=O) groups excluding carboxylic acids is 1. The van der Waals surface area contributed by atoms with E-state index in [0.29, 0.717) is 16.6 Å². The monoisotopic (exact) mass is 413 g/mol. The summed E-state index contributed by atoms with van der Waals surface area (Å²) in [6.45, 7) is 2.19. The largest absolute Gasteiger partial charge is 0.326 e. The highest BCUT2D eigenvalue weighted by Crippen LogP contribution is 2.13. The molecular weight excluding hydrogens is 394 g/mol. The number of amides is 1. The number of fused-ring (bicyclic) bond motifs is 1. The molecule has 2 aromatic heterocycles. The minimum Gasteiger partial charge on any atom is -0.326 e. The van der Waals surface area contributed by atoms with E-state index in [1.54, 1.807) is 17.4 Å². The Morgan fingerprint density at radius 3 is 2.83 bits per heavy atom. The fourth-order valence-corrected chi connectivity index (χ4v) is 3.67. The summed E-state index contributed by atoms with van der Waals surface area (Å²) in [7, 11) is 0. The smallest absolute Gasteiger partial charge is 0.261 e. The zero-order valence-corrected chi connectivity index (χ0v) is 17.2. The van der Waals surface area contributed by atoms with Crippen LogP contribution in [-0.4, -0.2) is 15.5 Å². The molecule has 148 valence electrons. The van der Waals surface area contributed by atoms with Gasteiger partial charge < -0.3 is 5.32 Å².